The second kappa shape index (κ2) is 5.46. The van der Waals surface area contributed by atoms with Crippen LogP contribution in [0.2, 0.25) is 0 Å². The summed E-state index contributed by atoms with van der Waals surface area (Å²) in [6, 6.07) is 10.4. The van der Waals surface area contributed by atoms with E-state index in [1.54, 1.807) is 11.3 Å². The van der Waals surface area contributed by atoms with Gasteiger partial charge in [-0.2, -0.15) is 0 Å². The number of anilines is 1. The predicted octanol–water partition coefficient (Wildman–Crippen LogP) is 3.99. The summed E-state index contributed by atoms with van der Waals surface area (Å²) in [6.07, 6.45) is 0. The van der Waals surface area contributed by atoms with E-state index in [1.807, 2.05) is 18.6 Å². The Morgan fingerprint density at radius 2 is 2.05 bits per heavy atom. The molecule has 0 aliphatic rings. The highest BCUT2D eigenvalue weighted by atomic mass is 32.1. The SMILES string of the molecule is CNc1cc(C(C)c2ccc(-c3cscn3)cc2)no1. The maximum atomic E-state index is 5.17. The van der Waals surface area contributed by atoms with Crippen LogP contribution in [0.5, 0.6) is 0 Å². The fraction of sp³-hybridized carbons (Fsp3) is 0.200. The van der Waals surface area contributed by atoms with Gasteiger partial charge in [0, 0.05) is 30.0 Å². The lowest BCUT2D eigenvalue weighted by molar-refractivity contribution is 0.423. The molecule has 3 aromatic rings. The van der Waals surface area contributed by atoms with Crippen LogP contribution in [0.15, 0.2) is 45.7 Å². The third-order valence-electron chi connectivity index (χ3n) is 3.36. The molecule has 0 radical (unpaired) electrons. The van der Waals surface area contributed by atoms with Crippen molar-refractivity contribution in [2.24, 2.45) is 0 Å². The second-order valence-corrected chi connectivity index (χ2v) is 5.30. The van der Waals surface area contributed by atoms with Crippen LogP contribution in [0, 0.1) is 0 Å². The van der Waals surface area contributed by atoms with Gasteiger partial charge in [0.05, 0.1) is 16.9 Å². The van der Waals surface area contributed by atoms with Crippen molar-refractivity contribution in [1.82, 2.24) is 10.1 Å². The first-order valence-corrected chi connectivity index (χ1v) is 7.35. The first-order valence-electron chi connectivity index (χ1n) is 6.41. The lowest BCUT2D eigenvalue weighted by Gasteiger charge is -2.08. The minimum Gasteiger partial charge on any atom is -0.357 e. The van der Waals surface area contributed by atoms with E-state index in [2.05, 4.69) is 52.0 Å². The van der Waals surface area contributed by atoms with Crippen LogP contribution in [-0.4, -0.2) is 17.2 Å². The molecule has 0 spiro atoms. The van der Waals surface area contributed by atoms with Gasteiger partial charge in [0.2, 0.25) is 5.88 Å². The van der Waals surface area contributed by atoms with Gasteiger partial charge in [0.15, 0.2) is 0 Å². The highest BCUT2D eigenvalue weighted by Gasteiger charge is 2.13. The smallest absolute Gasteiger partial charge is 0.224 e. The van der Waals surface area contributed by atoms with E-state index >= 15 is 0 Å². The summed E-state index contributed by atoms with van der Waals surface area (Å²) < 4.78 is 5.17. The van der Waals surface area contributed by atoms with Gasteiger partial charge in [-0.25, -0.2) is 4.98 Å². The Morgan fingerprint density at radius 1 is 1.25 bits per heavy atom. The van der Waals surface area contributed by atoms with Crippen molar-refractivity contribution in [3.05, 3.63) is 52.5 Å². The van der Waals surface area contributed by atoms with E-state index in [0.717, 1.165) is 17.0 Å². The maximum absolute atomic E-state index is 5.17. The molecule has 1 N–H and O–H groups in total. The molecule has 1 aromatic carbocycles. The number of rotatable bonds is 4. The number of thiazole rings is 1. The summed E-state index contributed by atoms with van der Waals surface area (Å²) in [5, 5.41) is 9.08. The topological polar surface area (TPSA) is 51.0 Å². The maximum Gasteiger partial charge on any atom is 0.224 e. The van der Waals surface area contributed by atoms with Crippen molar-refractivity contribution in [3.8, 4) is 11.3 Å². The average molecular weight is 285 g/mol. The Bertz CT molecular complexity index is 673. The van der Waals surface area contributed by atoms with Gasteiger partial charge >= 0.3 is 0 Å². The molecule has 20 heavy (non-hydrogen) atoms. The Kier molecular flexibility index (Phi) is 3.52. The molecule has 102 valence electrons. The zero-order valence-electron chi connectivity index (χ0n) is 11.3. The van der Waals surface area contributed by atoms with E-state index in [4.69, 9.17) is 4.52 Å². The van der Waals surface area contributed by atoms with Crippen molar-refractivity contribution in [3.63, 3.8) is 0 Å². The molecule has 3 rings (SSSR count). The third kappa shape index (κ3) is 2.44. The number of hydrogen-bond donors (Lipinski definition) is 1. The Hall–Kier alpha value is -2.14. The Balaban J connectivity index is 1.83. The number of benzene rings is 1. The van der Waals surface area contributed by atoms with Crippen LogP contribution in [-0.2, 0) is 0 Å². The van der Waals surface area contributed by atoms with Crippen LogP contribution < -0.4 is 5.32 Å². The third-order valence-corrected chi connectivity index (χ3v) is 3.94. The molecule has 0 bridgehead atoms. The van der Waals surface area contributed by atoms with Crippen LogP contribution in [0.1, 0.15) is 24.1 Å². The molecule has 2 aromatic heterocycles. The van der Waals surface area contributed by atoms with Crippen molar-refractivity contribution in [2.75, 3.05) is 12.4 Å². The van der Waals surface area contributed by atoms with Crippen molar-refractivity contribution in [1.29, 1.82) is 0 Å². The fourth-order valence-electron chi connectivity index (χ4n) is 2.08. The molecular weight excluding hydrogens is 270 g/mol. The van der Waals surface area contributed by atoms with Gasteiger partial charge in [-0.05, 0) is 5.56 Å². The van der Waals surface area contributed by atoms with Gasteiger partial charge in [-0.1, -0.05) is 36.3 Å². The summed E-state index contributed by atoms with van der Waals surface area (Å²) in [7, 11) is 1.82. The molecular formula is C15H15N3OS. The lowest BCUT2D eigenvalue weighted by atomic mass is 9.96. The Morgan fingerprint density at radius 3 is 2.65 bits per heavy atom. The molecule has 0 aliphatic carbocycles. The zero-order valence-corrected chi connectivity index (χ0v) is 12.1. The summed E-state index contributed by atoms with van der Waals surface area (Å²) in [6.45, 7) is 2.12. The van der Waals surface area contributed by atoms with Gasteiger partial charge < -0.3 is 9.84 Å². The lowest BCUT2D eigenvalue weighted by Crippen LogP contribution is -1.96. The summed E-state index contributed by atoms with van der Waals surface area (Å²) >= 11 is 1.61. The minimum atomic E-state index is 0.199. The molecule has 0 saturated heterocycles. The molecule has 4 nitrogen and oxygen atoms in total. The van der Waals surface area contributed by atoms with E-state index in [1.165, 1.54) is 5.56 Å². The fourth-order valence-corrected chi connectivity index (χ4v) is 2.64. The van der Waals surface area contributed by atoms with E-state index < -0.39 is 0 Å². The van der Waals surface area contributed by atoms with E-state index in [-0.39, 0.29) is 5.92 Å². The standard InChI is InChI=1S/C15H15N3OS/c1-10(13-7-15(16-2)19-18-13)11-3-5-12(6-4-11)14-8-20-9-17-14/h3-10,16H,1-2H3. The average Bonchev–Trinajstić information content (AvgIpc) is 3.18. The van der Waals surface area contributed by atoms with Crippen LogP contribution in [0.4, 0.5) is 5.88 Å². The highest BCUT2D eigenvalue weighted by molar-refractivity contribution is 7.07. The number of hydrogen-bond acceptors (Lipinski definition) is 5. The van der Waals surface area contributed by atoms with Gasteiger partial charge in [-0.3, -0.25) is 0 Å². The quantitative estimate of drug-likeness (QED) is 0.787. The molecule has 0 aliphatic heterocycles. The minimum absolute atomic E-state index is 0.199. The highest BCUT2D eigenvalue weighted by Crippen LogP contribution is 2.27. The van der Waals surface area contributed by atoms with Crippen molar-refractivity contribution < 1.29 is 4.52 Å². The second-order valence-electron chi connectivity index (χ2n) is 4.58. The number of nitrogens with zero attached hydrogens (tertiary/aromatic N) is 2. The molecule has 0 fully saturated rings. The summed E-state index contributed by atoms with van der Waals surface area (Å²) in [4.78, 5) is 4.32. The molecule has 5 heteroatoms. The van der Waals surface area contributed by atoms with Crippen LogP contribution >= 0.6 is 11.3 Å². The summed E-state index contributed by atoms with van der Waals surface area (Å²) in [5.41, 5.74) is 6.14. The predicted molar refractivity (Wildman–Crippen MR) is 81.1 cm³/mol. The number of aromatic nitrogens is 2. The van der Waals surface area contributed by atoms with Gasteiger partial charge in [0.1, 0.15) is 0 Å². The zero-order chi connectivity index (χ0) is 13.9. The van der Waals surface area contributed by atoms with Crippen LogP contribution in [0.3, 0.4) is 0 Å². The molecule has 1 unspecified atom stereocenters. The molecule has 0 saturated carbocycles. The first kappa shape index (κ1) is 12.9. The molecule has 0 amide bonds. The van der Waals surface area contributed by atoms with E-state index in [9.17, 15) is 0 Å². The molecule has 2 heterocycles. The summed E-state index contributed by atoms with van der Waals surface area (Å²) in [5.74, 6) is 0.885. The number of nitrogens with one attached hydrogen (secondary N) is 1. The Labute approximate surface area is 121 Å². The molecule has 1 atom stereocenters. The normalized spacial score (nSPS) is 12.3. The van der Waals surface area contributed by atoms with E-state index in [0.29, 0.717) is 5.88 Å². The van der Waals surface area contributed by atoms with Crippen LogP contribution in [0.25, 0.3) is 11.3 Å². The van der Waals surface area contributed by atoms with Crippen molar-refractivity contribution >= 4 is 17.2 Å². The largest absolute Gasteiger partial charge is 0.357 e. The first-order chi connectivity index (χ1) is 9.78. The monoisotopic (exact) mass is 285 g/mol. The van der Waals surface area contributed by atoms with Gasteiger partial charge in [-0.15, -0.1) is 11.3 Å². The van der Waals surface area contributed by atoms with Crippen molar-refractivity contribution in [2.45, 2.75) is 12.8 Å². The van der Waals surface area contributed by atoms with Gasteiger partial charge in [0.25, 0.3) is 0 Å².